The molecular formula is C28H29NO2. The zero-order chi connectivity index (χ0) is 21.8. The van der Waals surface area contributed by atoms with Crippen molar-refractivity contribution in [3.05, 3.63) is 96.6 Å². The standard InChI is InChI=1S/C28H29NO2/c1-5-12-22(21-17-18-25(30-3)26(19-21)31-4)27-23-15-10-11-16-24(23)29(6-2)28(27)20-13-8-7-9-14-20/h5,7-11,13-19,22H,1,6,12H2,2-4H3. The lowest BCUT2D eigenvalue weighted by molar-refractivity contribution is 0.354. The van der Waals surface area contributed by atoms with Crippen LogP contribution in [-0.4, -0.2) is 18.8 Å². The van der Waals surface area contributed by atoms with Crippen LogP contribution in [0.5, 0.6) is 11.5 Å². The summed E-state index contributed by atoms with van der Waals surface area (Å²) in [7, 11) is 3.35. The molecule has 4 aromatic rings. The molecule has 0 saturated heterocycles. The van der Waals surface area contributed by atoms with E-state index in [1.807, 2.05) is 12.1 Å². The number of ether oxygens (including phenoxy) is 2. The highest BCUT2D eigenvalue weighted by molar-refractivity contribution is 5.93. The first-order valence-corrected chi connectivity index (χ1v) is 10.7. The molecule has 0 aliphatic rings. The number of nitrogens with zero attached hydrogens (tertiary/aromatic N) is 1. The minimum atomic E-state index is 0.144. The van der Waals surface area contributed by atoms with E-state index in [0.717, 1.165) is 24.5 Å². The third kappa shape index (κ3) is 3.72. The number of methoxy groups -OCH3 is 2. The lowest BCUT2D eigenvalue weighted by Crippen LogP contribution is -2.05. The fraction of sp³-hybridized carbons (Fsp3) is 0.214. The van der Waals surface area contributed by atoms with Gasteiger partial charge in [0.2, 0.25) is 0 Å². The summed E-state index contributed by atoms with van der Waals surface area (Å²) in [6.45, 7) is 7.18. The van der Waals surface area contributed by atoms with Gasteiger partial charge in [-0.15, -0.1) is 6.58 Å². The van der Waals surface area contributed by atoms with Crippen LogP contribution in [0.1, 0.15) is 30.4 Å². The molecule has 3 aromatic carbocycles. The average molecular weight is 412 g/mol. The number of fused-ring (bicyclic) bond motifs is 1. The molecule has 1 atom stereocenters. The van der Waals surface area contributed by atoms with E-state index in [1.165, 1.54) is 33.3 Å². The predicted octanol–water partition coefficient (Wildman–Crippen LogP) is 7.05. The molecule has 0 bridgehead atoms. The summed E-state index contributed by atoms with van der Waals surface area (Å²) < 4.78 is 13.5. The van der Waals surface area contributed by atoms with Crippen molar-refractivity contribution in [3.63, 3.8) is 0 Å². The molecule has 3 heteroatoms. The van der Waals surface area contributed by atoms with Crippen LogP contribution in [0, 0.1) is 0 Å². The van der Waals surface area contributed by atoms with Crippen LogP contribution in [-0.2, 0) is 6.54 Å². The van der Waals surface area contributed by atoms with E-state index >= 15 is 0 Å². The zero-order valence-electron chi connectivity index (χ0n) is 18.5. The van der Waals surface area contributed by atoms with Crippen LogP contribution in [0.15, 0.2) is 85.5 Å². The largest absolute Gasteiger partial charge is 0.493 e. The summed E-state index contributed by atoms with van der Waals surface area (Å²) in [4.78, 5) is 0. The van der Waals surface area contributed by atoms with Crippen LogP contribution < -0.4 is 9.47 Å². The molecule has 0 fully saturated rings. The monoisotopic (exact) mass is 411 g/mol. The zero-order valence-corrected chi connectivity index (χ0v) is 18.5. The van der Waals surface area contributed by atoms with Crippen molar-refractivity contribution in [2.45, 2.75) is 25.8 Å². The second-order valence-corrected chi connectivity index (χ2v) is 7.58. The summed E-state index contributed by atoms with van der Waals surface area (Å²) in [5.74, 6) is 1.63. The summed E-state index contributed by atoms with van der Waals surface area (Å²) in [5.41, 5.74) is 6.27. The summed E-state index contributed by atoms with van der Waals surface area (Å²) in [5, 5.41) is 1.28. The van der Waals surface area contributed by atoms with Gasteiger partial charge in [-0.2, -0.15) is 0 Å². The quantitative estimate of drug-likeness (QED) is 0.290. The highest BCUT2D eigenvalue weighted by Gasteiger charge is 2.26. The molecule has 1 heterocycles. The van der Waals surface area contributed by atoms with Crippen LogP contribution in [0.2, 0.25) is 0 Å². The Morgan fingerprint density at radius 2 is 1.61 bits per heavy atom. The lowest BCUT2D eigenvalue weighted by Gasteiger charge is -2.20. The normalized spacial score (nSPS) is 12.0. The average Bonchev–Trinajstić information content (AvgIpc) is 3.16. The van der Waals surface area contributed by atoms with Crippen molar-refractivity contribution >= 4 is 10.9 Å². The third-order valence-electron chi connectivity index (χ3n) is 5.93. The number of aryl methyl sites for hydroxylation is 1. The molecule has 4 rings (SSSR count). The van der Waals surface area contributed by atoms with Crippen molar-refractivity contribution in [3.8, 4) is 22.8 Å². The number of para-hydroxylation sites is 1. The Morgan fingerprint density at radius 1 is 0.903 bits per heavy atom. The second-order valence-electron chi connectivity index (χ2n) is 7.58. The Balaban J connectivity index is 2.03. The topological polar surface area (TPSA) is 23.4 Å². The Hall–Kier alpha value is -3.46. The molecule has 0 spiro atoms. The van der Waals surface area contributed by atoms with Gasteiger partial charge in [-0.25, -0.2) is 0 Å². The van der Waals surface area contributed by atoms with Crippen LogP contribution in [0.3, 0.4) is 0 Å². The molecule has 1 unspecified atom stereocenters. The molecule has 3 nitrogen and oxygen atoms in total. The van der Waals surface area contributed by atoms with Crippen molar-refractivity contribution in [1.29, 1.82) is 0 Å². The predicted molar refractivity (Wildman–Crippen MR) is 129 cm³/mol. The van der Waals surface area contributed by atoms with E-state index in [0.29, 0.717) is 0 Å². The summed E-state index contributed by atoms with van der Waals surface area (Å²) >= 11 is 0. The maximum atomic E-state index is 5.61. The molecular weight excluding hydrogens is 382 g/mol. The van der Waals surface area contributed by atoms with Gasteiger partial charge in [-0.1, -0.05) is 60.7 Å². The van der Waals surface area contributed by atoms with Crippen molar-refractivity contribution < 1.29 is 9.47 Å². The molecule has 0 N–H and O–H groups in total. The first kappa shape index (κ1) is 20.8. The van der Waals surface area contributed by atoms with Gasteiger partial charge in [-0.3, -0.25) is 0 Å². The highest BCUT2D eigenvalue weighted by Crippen LogP contribution is 2.44. The van der Waals surface area contributed by atoms with Gasteiger partial charge in [-0.05, 0) is 48.2 Å². The molecule has 0 aliphatic carbocycles. The van der Waals surface area contributed by atoms with Crippen LogP contribution in [0.25, 0.3) is 22.2 Å². The number of aromatic nitrogens is 1. The summed E-state index contributed by atoms with van der Waals surface area (Å²) in [6.07, 6.45) is 2.83. The lowest BCUT2D eigenvalue weighted by atomic mass is 9.85. The van der Waals surface area contributed by atoms with Crippen LogP contribution >= 0.6 is 0 Å². The Labute approximate surface area is 184 Å². The Kier molecular flexibility index (Phi) is 6.13. The minimum Gasteiger partial charge on any atom is -0.493 e. The maximum Gasteiger partial charge on any atom is 0.161 e. The number of hydrogen-bond acceptors (Lipinski definition) is 2. The van der Waals surface area contributed by atoms with Gasteiger partial charge in [0.1, 0.15) is 0 Å². The molecule has 0 amide bonds. The number of hydrogen-bond donors (Lipinski definition) is 0. The SMILES string of the molecule is C=CCC(c1ccc(OC)c(OC)c1)c1c(-c2ccccc2)n(CC)c2ccccc12. The van der Waals surface area contributed by atoms with Gasteiger partial charge in [0.15, 0.2) is 11.5 Å². The van der Waals surface area contributed by atoms with Gasteiger partial charge in [0.25, 0.3) is 0 Å². The van der Waals surface area contributed by atoms with E-state index < -0.39 is 0 Å². The number of rotatable bonds is 8. The summed E-state index contributed by atoms with van der Waals surface area (Å²) in [6, 6.07) is 25.6. The Morgan fingerprint density at radius 3 is 2.29 bits per heavy atom. The number of allylic oxidation sites excluding steroid dienone is 1. The molecule has 1 aromatic heterocycles. The molecule has 0 radical (unpaired) electrons. The molecule has 0 aliphatic heterocycles. The smallest absolute Gasteiger partial charge is 0.161 e. The fourth-order valence-corrected chi connectivity index (χ4v) is 4.58. The van der Waals surface area contributed by atoms with E-state index in [2.05, 4.69) is 84.8 Å². The third-order valence-corrected chi connectivity index (χ3v) is 5.93. The minimum absolute atomic E-state index is 0.144. The van der Waals surface area contributed by atoms with E-state index in [4.69, 9.17) is 9.47 Å². The van der Waals surface area contributed by atoms with E-state index in [-0.39, 0.29) is 5.92 Å². The molecule has 31 heavy (non-hydrogen) atoms. The van der Waals surface area contributed by atoms with E-state index in [1.54, 1.807) is 14.2 Å². The van der Waals surface area contributed by atoms with Gasteiger partial charge in [0, 0.05) is 23.4 Å². The van der Waals surface area contributed by atoms with E-state index in [9.17, 15) is 0 Å². The Bertz CT molecular complexity index is 1190. The van der Waals surface area contributed by atoms with Crippen LogP contribution in [0.4, 0.5) is 0 Å². The van der Waals surface area contributed by atoms with Gasteiger partial charge in [0.05, 0.1) is 19.9 Å². The maximum absolute atomic E-state index is 5.61. The molecule has 0 saturated carbocycles. The fourth-order valence-electron chi connectivity index (χ4n) is 4.58. The first-order valence-electron chi connectivity index (χ1n) is 10.7. The highest BCUT2D eigenvalue weighted by atomic mass is 16.5. The second kappa shape index (κ2) is 9.13. The van der Waals surface area contributed by atoms with Gasteiger partial charge >= 0.3 is 0 Å². The molecule has 158 valence electrons. The number of benzene rings is 3. The van der Waals surface area contributed by atoms with Crippen molar-refractivity contribution in [2.75, 3.05) is 14.2 Å². The van der Waals surface area contributed by atoms with Crippen molar-refractivity contribution in [1.82, 2.24) is 4.57 Å². The van der Waals surface area contributed by atoms with Gasteiger partial charge < -0.3 is 14.0 Å². The first-order chi connectivity index (χ1) is 15.2. The van der Waals surface area contributed by atoms with Crippen molar-refractivity contribution in [2.24, 2.45) is 0 Å².